The third-order valence-electron chi connectivity index (χ3n) is 2.52. The Labute approximate surface area is 78.9 Å². The molecular weight excluding hydrogens is 168 g/mol. The summed E-state index contributed by atoms with van der Waals surface area (Å²) in [6, 6.07) is 2.68. The fourth-order valence-corrected chi connectivity index (χ4v) is 2.29. The molecule has 1 saturated heterocycles. The summed E-state index contributed by atoms with van der Waals surface area (Å²) in [6.45, 7) is 4.49. The summed E-state index contributed by atoms with van der Waals surface area (Å²) >= 11 is 1.95. The molecule has 0 N–H and O–H groups in total. The Hall–Kier alpha value is -0.200. The minimum absolute atomic E-state index is 0.451. The van der Waals surface area contributed by atoms with Crippen LogP contribution < -0.4 is 0 Å². The monoisotopic (exact) mass is 184 g/mol. The number of nitriles is 1. The van der Waals surface area contributed by atoms with Gasteiger partial charge >= 0.3 is 0 Å². The maximum Gasteiger partial charge on any atom is 0.0638 e. The van der Waals surface area contributed by atoms with Crippen LogP contribution in [0.25, 0.3) is 0 Å². The fourth-order valence-electron chi connectivity index (χ4n) is 1.61. The zero-order valence-electron chi connectivity index (χ0n) is 7.79. The first-order chi connectivity index (χ1) is 5.77. The lowest BCUT2D eigenvalue weighted by molar-refractivity contribution is 0.263. The molecule has 1 fully saturated rings. The van der Waals surface area contributed by atoms with Gasteiger partial charge in [0.15, 0.2) is 0 Å². The molecule has 0 aliphatic carbocycles. The second kappa shape index (κ2) is 4.74. The Kier molecular flexibility index (Phi) is 3.90. The highest BCUT2D eigenvalue weighted by Crippen LogP contribution is 2.22. The zero-order chi connectivity index (χ0) is 8.97. The van der Waals surface area contributed by atoms with Crippen molar-refractivity contribution >= 4 is 11.8 Å². The molecule has 0 amide bonds. The highest BCUT2D eigenvalue weighted by atomic mass is 32.2. The summed E-state index contributed by atoms with van der Waals surface area (Å²) in [5.74, 6) is 0. The molecule has 12 heavy (non-hydrogen) atoms. The number of nitrogens with zero attached hydrogens (tertiary/aromatic N) is 2. The van der Waals surface area contributed by atoms with Crippen LogP contribution in [0, 0.1) is 11.3 Å². The van der Waals surface area contributed by atoms with Crippen LogP contribution >= 0.6 is 11.8 Å². The first kappa shape index (κ1) is 9.88. The minimum atomic E-state index is 0.451. The SMILES string of the molecule is CSC1CCN(C(C)CC#N)C1. The normalized spacial score (nSPS) is 26.9. The fraction of sp³-hybridized carbons (Fsp3) is 0.889. The van der Waals surface area contributed by atoms with Crippen molar-refractivity contribution in [1.82, 2.24) is 4.90 Å². The molecule has 2 nitrogen and oxygen atoms in total. The predicted octanol–water partition coefficient (Wildman–Crippen LogP) is 1.73. The molecule has 3 heteroatoms. The second-order valence-corrected chi connectivity index (χ2v) is 4.49. The van der Waals surface area contributed by atoms with E-state index < -0.39 is 0 Å². The van der Waals surface area contributed by atoms with Gasteiger partial charge in [0.2, 0.25) is 0 Å². The molecular formula is C9H16N2S. The summed E-state index contributed by atoms with van der Waals surface area (Å²) in [5.41, 5.74) is 0. The predicted molar refractivity (Wildman–Crippen MR) is 53.2 cm³/mol. The molecule has 0 aromatic heterocycles. The molecule has 0 aromatic carbocycles. The van der Waals surface area contributed by atoms with Crippen molar-refractivity contribution in [2.24, 2.45) is 0 Å². The average molecular weight is 184 g/mol. The molecule has 68 valence electrons. The topological polar surface area (TPSA) is 27.0 Å². The van der Waals surface area contributed by atoms with Gasteiger partial charge in [-0.25, -0.2) is 0 Å². The first-order valence-electron chi connectivity index (χ1n) is 4.41. The maximum absolute atomic E-state index is 8.54. The van der Waals surface area contributed by atoms with Crippen LogP contribution in [0.5, 0.6) is 0 Å². The van der Waals surface area contributed by atoms with E-state index in [9.17, 15) is 0 Å². The standard InChI is InChI=1S/C9H16N2S/c1-8(3-5-10)11-6-4-9(7-11)12-2/h8-9H,3-4,6-7H2,1-2H3. The van der Waals surface area contributed by atoms with Gasteiger partial charge in [-0.2, -0.15) is 17.0 Å². The Balaban J connectivity index is 2.31. The van der Waals surface area contributed by atoms with E-state index in [4.69, 9.17) is 5.26 Å². The molecule has 0 aromatic rings. The smallest absolute Gasteiger partial charge is 0.0638 e. The molecule has 1 heterocycles. The first-order valence-corrected chi connectivity index (χ1v) is 5.70. The molecule has 1 rings (SSSR count). The summed E-state index contributed by atoms with van der Waals surface area (Å²) < 4.78 is 0. The summed E-state index contributed by atoms with van der Waals surface area (Å²) in [7, 11) is 0. The zero-order valence-corrected chi connectivity index (χ0v) is 8.60. The van der Waals surface area contributed by atoms with Crippen molar-refractivity contribution in [1.29, 1.82) is 5.26 Å². The highest BCUT2D eigenvalue weighted by Gasteiger charge is 2.24. The second-order valence-electron chi connectivity index (χ2n) is 3.35. The average Bonchev–Trinajstić information content (AvgIpc) is 2.52. The van der Waals surface area contributed by atoms with E-state index in [0.717, 1.165) is 5.25 Å². The third-order valence-corrected chi connectivity index (χ3v) is 3.57. The van der Waals surface area contributed by atoms with Crippen molar-refractivity contribution in [3.05, 3.63) is 0 Å². The van der Waals surface area contributed by atoms with Crippen LogP contribution in [0.3, 0.4) is 0 Å². The summed E-state index contributed by atoms with van der Waals surface area (Å²) in [6.07, 6.45) is 4.13. The minimum Gasteiger partial charge on any atom is -0.298 e. The van der Waals surface area contributed by atoms with Crippen LogP contribution in [0.4, 0.5) is 0 Å². The quantitative estimate of drug-likeness (QED) is 0.668. The van der Waals surface area contributed by atoms with Gasteiger partial charge in [0.05, 0.1) is 12.5 Å². The molecule has 0 saturated carbocycles. The number of rotatable bonds is 3. The number of hydrogen-bond donors (Lipinski definition) is 0. The number of likely N-dealkylation sites (tertiary alicyclic amines) is 1. The molecule has 0 bridgehead atoms. The lowest BCUT2D eigenvalue weighted by Gasteiger charge is -2.21. The molecule has 2 atom stereocenters. The highest BCUT2D eigenvalue weighted by molar-refractivity contribution is 7.99. The van der Waals surface area contributed by atoms with E-state index in [1.54, 1.807) is 0 Å². The molecule has 2 unspecified atom stereocenters. The van der Waals surface area contributed by atoms with Gasteiger partial charge in [0.25, 0.3) is 0 Å². The maximum atomic E-state index is 8.54. The number of hydrogen-bond acceptors (Lipinski definition) is 3. The molecule has 0 spiro atoms. The van der Waals surface area contributed by atoms with Gasteiger partial charge < -0.3 is 0 Å². The van der Waals surface area contributed by atoms with Crippen molar-refractivity contribution < 1.29 is 0 Å². The molecule has 1 aliphatic rings. The van der Waals surface area contributed by atoms with Gasteiger partial charge in [-0.1, -0.05) is 0 Å². The van der Waals surface area contributed by atoms with Crippen LogP contribution in [0.1, 0.15) is 19.8 Å². The van der Waals surface area contributed by atoms with E-state index in [1.165, 1.54) is 19.5 Å². The van der Waals surface area contributed by atoms with E-state index in [-0.39, 0.29) is 0 Å². The lowest BCUT2D eigenvalue weighted by atomic mass is 10.2. The Bertz CT molecular complexity index is 176. The Morgan fingerprint density at radius 3 is 3.00 bits per heavy atom. The number of thioether (sulfide) groups is 1. The van der Waals surface area contributed by atoms with Gasteiger partial charge in [-0.15, -0.1) is 0 Å². The van der Waals surface area contributed by atoms with Gasteiger partial charge in [0.1, 0.15) is 0 Å². The van der Waals surface area contributed by atoms with Crippen molar-refractivity contribution in [3.8, 4) is 6.07 Å². The van der Waals surface area contributed by atoms with Crippen molar-refractivity contribution in [2.45, 2.75) is 31.1 Å². The van der Waals surface area contributed by atoms with Crippen molar-refractivity contribution in [2.75, 3.05) is 19.3 Å². The largest absolute Gasteiger partial charge is 0.298 e. The Morgan fingerprint density at radius 2 is 2.50 bits per heavy atom. The summed E-state index contributed by atoms with van der Waals surface area (Å²) in [4.78, 5) is 2.42. The lowest BCUT2D eigenvalue weighted by Crippen LogP contribution is -2.30. The van der Waals surface area contributed by atoms with E-state index in [1.807, 2.05) is 11.8 Å². The molecule has 1 aliphatic heterocycles. The summed E-state index contributed by atoms with van der Waals surface area (Å²) in [5, 5.41) is 9.34. The van der Waals surface area contributed by atoms with Crippen LogP contribution in [0.15, 0.2) is 0 Å². The van der Waals surface area contributed by atoms with E-state index >= 15 is 0 Å². The van der Waals surface area contributed by atoms with Crippen molar-refractivity contribution in [3.63, 3.8) is 0 Å². The van der Waals surface area contributed by atoms with Crippen LogP contribution in [0.2, 0.25) is 0 Å². The van der Waals surface area contributed by atoms with Crippen LogP contribution in [-0.4, -0.2) is 35.5 Å². The van der Waals surface area contributed by atoms with Gasteiger partial charge in [0, 0.05) is 17.8 Å². The molecule has 0 radical (unpaired) electrons. The van der Waals surface area contributed by atoms with E-state index in [2.05, 4.69) is 24.1 Å². The van der Waals surface area contributed by atoms with Gasteiger partial charge in [-0.3, -0.25) is 4.90 Å². The Morgan fingerprint density at radius 1 is 1.75 bits per heavy atom. The third kappa shape index (κ3) is 2.40. The van der Waals surface area contributed by atoms with Gasteiger partial charge in [-0.05, 0) is 26.1 Å². The van der Waals surface area contributed by atoms with Crippen LogP contribution in [-0.2, 0) is 0 Å². The van der Waals surface area contributed by atoms with E-state index in [0.29, 0.717) is 12.5 Å².